The molecular formula is C19H22O2. The van der Waals surface area contributed by atoms with Crippen LogP contribution in [0.4, 0.5) is 0 Å². The highest BCUT2D eigenvalue weighted by Crippen LogP contribution is 2.18. The molecule has 2 aromatic rings. The molecule has 2 heteroatoms. The third-order valence-corrected chi connectivity index (χ3v) is 4.01. The van der Waals surface area contributed by atoms with E-state index in [2.05, 4.69) is 26.0 Å². The average Bonchev–Trinajstić information content (AvgIpc) is 2.44. The maximum atomic E-state index is 11.5. The van der Waals surface area contributed by atoms with Crippen molar-refractivity contribution in [3.8, 4) is 0 Å². The first-order valence-corrected chi connectivity index (χ1v) is 7.30. The summed E-state index contributed by atoms with van der Waals surface area (Å²) in [5.41, 5.74) is 5.82. The van der Waals surface area contributed by atoms with Crippen LogP contribution in [0.2, 0.25) is 0 Å². The molecule has 1 atom stereocenters. The van der Waals surface area contributed by atoms with E-state index in [-0.39, 0.29) is 5.92 Å². The second-order valence-corrected chi connectivity index (χ2v) is 5.85. The molecule has 0 bridgehead atoms. The lowest BCUT2D eigenvalue weighted by Crippen LogP contribution is -2.19. The fourth-order valence-corrected chi connectivity index (χ4v) is 2.47. The quantitative estimate of drug-likeness (QED) is 0.896. The lowest BCUT2D eigenvalue weighted by molar-refractivity contribution is -0.141. The van der Waals surface area contributed by atoms with Crippen molar-refractivity contribution in [2.75, 3.05) is 0 Å². The van der Waals surface area contributed by atoms with Crippen LogP contribution < -0.4 is 0 Å². The van der Waals surface area contributed by atoms with Gasteiger partial charge in [0.15, 0.2) is 0 Å². The maximum Gasteiger partial charge on any atom is 0.307 e. The fraction of sp³-hybridized carbons (Fsp3) is 0.316. The van der Waals surface area contributed by atoms with Gasteiger partial charge in [0.2, 0.25) is 0 Å². The topological polar surface area (TPSA) is 37.3 Å². The van der Waals surface area contributed by atoms with Crippen LogP contribution in [0.5, 0.6) is 0 Å². The Balaban J connectivity index is 2.13. The summed E-state index contributed by atoms with van der Waals surface area (Å²) in [5, 5.41) is 9.47. The molecule has 0 spiro atoms. The van der Waals surface area contributed by atoms with E-state index in [4.69, 9.17) is 0 Å². The molecule has 1 unspecified atom stereocenters. The van der Waals surface area contributed by atoms with E-state index in [1.54, 1.807) is 0 Å². The van der Waals surface area contributed by atoms with Gasteiger partial charge in [0.25, 0.3) is 0 Å². The summed E-state index contributed by atoms with van der Waals surface area (Å²) in [4.78, 5) is 11.5. The normalized spacial score (nSPS) is 12.1. The highest BCUT2D eigenvalue weighted by Gasteiger charge is 2.18. The first-order valence-electron chi connectivity index (χ1n) is 7.30. The third kappa shape index (κ3) is 4.19. The van der Waals surface area contributed by atoms with Gasteiger partial charge in [-0.3, -0.25) is 4.79 Å². The predicted molar refractivity (Wildman–Crippen MR) is 85.6 cm³/mol. The molecular weight excluding hydrogens is 260 g/mol. The molecule has 0 amide bonds. The Bertz CT molecular complexity index is 627. The van der Waals surface area contributed by atoms with E-state index in [0.717, 1.165) is 11.1 Å². The smallest absolute Gasteiger partial charge is 0.307 e. The number of carbonyl (C=O) groups is 1. The van der Waals surface area contributed by atoms with E-state index in [1.165, 1.54) is 16.7 Å². The SMILES string of the molecule is Cc1ccc(CC(Cc2ccc(C)c(C)c2)C(=O)O)cc1. The molecule has 0 saturated carbocycles. The fourth-order valence-electron chi connectivity index (χ4n) is 2.47. The molecule has 2 nitrogen and oxygen atoms in total. The molecule has 0 aromatic heterocycles. The van der Waals surface area contributed by atoms with Gasteiger partial charge in [-0.25, -0.2) is 0 Å². The predicted octanol–water partition coefficient (Wildman–Crippen LogP) is 4.10. The Morgan fingerprint density at radius 2 is 1.48 bits per heavy atom. The number of aliphatic carboxylic acids is 1. The molecule has 0 heterocycles. The molecule has 0 aliphatic rings. The highest BCUT2D eigenvalue weighted by molar-refractivity contribution is 5.71. The van der Waals surface area contributed by atoms with Gasteiger partial charge in [-0.1, -0.05) is 48.0 Å². The van der Waals surface area contributed by atoms with Gasteiger partial charge in [0.05, 0.1) is 5.92 Å². The summed E-state index contributed by atoms with van der Waals surface area (Å²) < 4.78 is 0. The number of carboxylic acids is 1. The van der Waals surface area contributed by atoms with Crippen LogP contribution in [0.25, 0.3) is 0 Å². The van der Waals surface area contributed by atoms with Crippen LogP contribution >= 0.6 is 0 Å². The molecule has 2 rings (SSSR count). The minimum absolute atomic E-state index is 0.380. The largest absolute Gasteiger partial charge is 0.481 e. The van der Waals surface area contributed by atoms with Gasteiger partial charge in [-0.05, 0) is 55.9 Å². The van der Waals surface area contributed by atoms with Gasteiger partial charge < -0.3 is 5.11 Å². The monoisotopic (exact) mass is 282 g/mol. The molecule has 2 aromatic carbocycles. The van der Waals surface area contributed by atoms with Crippen molar-refractivity contribution in [2.24, 2.45) is 5.92 Å². The van der Waals surface area contributed by atoms with Gasteiger partial charge in [-0.15, -0.1) is 0 Å². The number of benzene rings is 2. The van der Waals surface area contributed by atoms with Crippen LogP contribution in [0.3, 0.4) is 0 Å². The molecule has 0 aliphatic carbocycles. The molecule has 0 aliphatic heterocycles. The summed E-state index contributed by atoms with van der Waals surface area (Å²) in [5.74, 6) is -1.11. The third-order valence-electron chi connectivity index (χ3n) is 4.01. The second-order valence-electron chi connectivity index (χ2n) is 5.85. The Kier molecular flexibility index (Phi) is 4.79. The molecule has 1 N–H and O–H groups in total. The summed E-state index contributed by atoms with van der Waals surface area (Å²) in [6, 6.07) is 14.3. The van der Waals surface area contributed by atoms with Crippen LogP contribution in [0, 0.1) is 26.7 Å². The van der Waals surface area contributed by atoms with Gasteiger partial charge >= 0.3 is 5.97 Å². The number of aryl methyl sites for hydroxylation is 3. The van der Waals surface area contributed by atoms with Crippen molar-refractivity contribution in [1.82, 2.24) is 0 Å². The van der Waals surface area contributed by atoms with Gasteiger partial charge in [0.1, 0.15) is 0 Å². The van der Waals surface area contributed by atoms with Crippen LogP contribution in [-0.2, 0) is 17.6 Å². The van der Waals surface area contributed by atoms with E-state index in [9.17, 15) is 9.90 Å². The molecule has 0 saturated heterocycles. The van der Waals surface area contributed by atoms with Crippen molar-refractivity contribution < 1.29 is 9.90 Å². The van der Waals surface area contributed by atoms with E-state index in [1.807, 2.05) is 37.3 Å². The second kappa shape index (κ2) is 6.57. The van der Waals surface area contributed by atoms with E-state index in [0.29, 0.717) is 12.8 Å². The summed E-state index contributed by atoms with van der Waals surface area (Å²) in [6.07, 6.45) is 1.15. The highest BCUT2D eigenvalue weighted by atomic mass is 16.4. The van der Waals surface area contributed by atoms with Crippen molar-refractivity contribution in [1.29, 1.82) is 0 Å². The molecule has 0 radical (unpaired) electrons. The number of hydrogen-bond donors (Lipinski definition) is 1. The number of hydrogen-bond acceptors (Lipinski definition) is 1. The average molecular weight is 282 g/mol. The zero-order valence-corrected chi connectivity index (χ0v) is 12.9. The van der Waals surface area contributed by atoms with E-state index >= 15 is 0 Å². The Hall–Kier alpha value is -2.09. The summed E-state index contributed by atoms with van der Waals surface area (Å²) in [7, 11) is 0. The Morgan fingerprint density at radius 1 is 0.905 bits per heavy atom. The van der Waals surface area contributed by atoms with Crippen molar-refractivity contribution in [3.05, 3.63) is 70.3 Å². The standard InChI is InChI=1S/C19H22O2/c1-13-4-7-16(8-5-13)11-18(19(20)21)12-17-9-6-14(2)15(3)10-17/h4-10,18H,11-12H2,1-3H3,(H,20,21). The lowest BCUT2D eigenvalue weighted by Gasteiger charge is -2.14. The van der Waals surface area contributed by atoms with Crippen LogP contribution in [-0.4, -0.2) is 11.1 Å². The molecule has 21 heavy (non-hydrogen) atoms. The number of rotatable bonds is 5. The zero-order chi connectivity index (χ0) is 15.4. The van der Waals surface area contributed by atoms with Gasteiger partial charge in [0, 0.05) is 0 Å². The summed E-state index contributed by atoms with van der Waals surface area (Å²) in [6.45, 7) is 6.17. The minimum atomic E-state index is -0.728. The van der Waals surface area contributed by atoms with Crippen molar-refractivity contribution in [2.45, 2.75) is 33.6 Å². The van der Waals surface area contributed by atoms with E-state index < -0.39 is 5.97 Å². The Labute approximate surface area is 126 Å². The zero-order valence-electron chi connectivity index (χ0n) is 12.9. The summed E-state index contributed by atoms with van der Waals surface area (Å²) >= 11 is 0. The number of carboxylic acid groups (broad SMARTS) is 1. The van der Waals surface area contributed by atoms with Gasteiger partial charge in [-0.2, -0.15) is 0 Å². The first-order chi connectivity index (χ1) is 9.95. The molecule has 110 valence electrons. The molecule has 0 fully saturated rings. The van der Waals surface area contributed by atoms with Crippen molar-refractivity contribution >= 4 is 5.97 Å². The van der Waals surface area contributed by atoms with Crippen molar-refractivity contribution in [3.63, 3.8) is 0 Å². The van der Waals surface area contributed by atoms with Crippen LogP contribution in [0.1, 0.15) is 27.8 Å². The minimum Gasteiger partial charge on any atom is -0.481 e. The van der Waals surface area contributed by atoms with Crippen LogP contribution in [0.15, 0.2) is 42.5 Å². The lowest BCUT2D eigenvalue weighted by atomic mass is 9.91. The maximum absolute atomic E-state index is 11.5. The Morgan fingerprint density at radius 3 is 2.05 bits per heavy atom. The first kappa shape index (κ1) is 15.3.